The first-order valence-corrected chi connectivity index (χ1v) is 4.72. The molecule has 14 heavy (non-hydrogen) atoms. The van der Waals surface area contributed by atoms with Crippen molar-refractivity contribution >= 4 is 11.9 Å². The highest BCUT2D eigenvalue weighted by Crippen LogP contribution is 2.52. The molecule has 4 nitrogen and oxygen atoms in total. The lowest BCUT2D eigenvalue weighted by atomic mass is 9.80. The number of hydrogen-bond donors (Lipinski definition) is 2. The maximum absolute atomic E-state index is 11.2. The quantitative estimate of drug-likeness (QED) is 0.696. The molecule has 0 aromatic carbocycles. The summed E-state index contributed by atoms with van der Waals surface area (Å²) < 4.78 is 0. The standard InChI is InChI=1S/C10H17NO3/c1-9(2)5-10(3,8(11)14)4-6(9)7(12)13/h6H,4-5H2,1-3H3,(H2,11,14)(H,12,13). The molecule has 3 N–H and O–H groups in total. The summed E-state index contributed by atoms with van der Waals surface area (Å²) in [5.74, 6) is -1.70. The highest BCUT2D eigenvalue weighted by atomic mass is 16.4. The molecular formula is C10H17NO3. The average Bonchev–Trinajstić information content (AvgIpc) is 2.22. The number of carboxylic acid groups (broad SMARTS) is 1. The van der Waals surface area contributed by atoms with E-state index >= 15 is 0 Å². The van der Waals surface area contributed by atoms with Crippen LogP contribution >= 0.6 is 0 Å². The van der Waals surface area contributed by atoms with Crippen LogP contribution in [0, 0.1) is 16.7 Å². The molecule has 0 radical (unpaired) electrons. The van der Waals surface area contributed by atoms with Crippen molar-refractivity contribution in [3.8, 4) is 0 Å². The Hall–Kier alpha value is -1.06. The zero-order valence-corrected chi connectivity index (χ0v) is 8.83. The predicted molar refractivity (Wildman–Crippen MR) is 51.4 cm³/mol. The van der Waals surface area contributed by atoms with Gasteiger partial charge in [-0.25, -0.2) is 0 Å². The zero-order chi connectivity index (χ0) is 11.1. The van der Waals surface area contributed by atoms with E-state index in [4.69, 9.17) is 10.8 Å². The Bertz CT molecular complexity index is 285. The molecule has 2 unspecified atom stereocenters. The first-order chi connectivity index (χ1) is 6.19. The van der Waals surface area contributed by atoms with E-state index < -0.39 is 23.2 Å². The van der Waals surface area contributed by atoms with Crippen LogP contribution in [0.2, 0.25) is 0 Å². The Morgan fingerprint density at radius 3 is 2.07 bits per heavy atom. The summed E-state index contributed by atoms with van der Waals surface area (Å²) in [6.45, 7) is 5.50. The summed E-state index contributed by atoms with van der Waals surface area (Å²) in [7, 11) is 0. The topological polar surface area (TPSA) is 80.4 Å². The lowest BCUT2D eigenvalue weighted by Gasteiger charge is -2.24. The number of nitrogens with two attached hydrogens (primary N) is 1. The fourth-order valence-corrected chi connectivity index (χ4v) is 2.54. The zero-order valence-electron chi connectivity index (χ0n) is 8.83. The van der Waals surface area contributed by atoms with Gasteiger partial charge in [0, 0.05) is 5.41 Å². The van der Waals surface area contributed by atoms with Crippen LogP contribution < -0.4 is 5.73 Å². The van der Waals surface area contributed by atoms with Crippen molar-refractivity contribution in [2.24, 2.45) is 22.5 Å². The van der Waals surface area contributed by atoms with Crippen LogP contribution in [0.25, 0.3) is 0 Å². The molecule has 0 saturated heterocycles. The highest BCUT2D eigenvalue weighted by molar-refractivity contribution is 5.83. The molecule has 0 heterocycles. The summed E-state index contributed by atoms with van der Waals surface area (Å²) in [6, 6.07) is 0. The van der Waals surface area contributed by atoms with Crippen LogP contribution in [0.4, 0.5) is 0 Å². The molecule has 1 fully saturated rings. The maximum atomic E-state index is 11.2. The van der Waals surface area contributed by atoms with Crippen LogP contribution in [0.1, 0.15) is 33.6 Å². The molecular weight excluding hydrogens is 182 g/mol. The molecule has 1 aliphatic rings. The molecule has 1 saturated carbocycles. The molecule has 1 amide bonds. The monoisotopic (exact) mass is 199 g/mol. The van der Waals surface area contributed by atoms with Crippen LogP contribution in [0.5, 0.6) is 0 Å². The van der Waals surface area contributed by atoms with Crippen molar-refractivity contribution in [2.45, 2.75) is 33.6 Å². The summed E-state index contributed by atoms with van der Waals surface area (Å²) >= 11 is 0. The van der Waals surface area contributed by atoms with Crippen LogP contribution in [-0.4, -0.2) is 17.0 Å². The van der Waals surface area contributed by atoms with Crippen molar-refractivity contribution < 1.29 is 14.7 Å². The number of carbonyl (C=O) groups excluding carboxylic acids is 1. The number of amides is 1. The minimum atomic E-state index is -0.833. The fourth-order valence-electron chi connectivity index (χ4n) is 2.54. The summed E-state index contributed by atoms with van der Waals surface area (Å²) in [5, 5.41) is 9.01. The van der Waals surface area contributed by atoms with Gasteiger partial charge in [0.1, 0.15) is 0 Å². The second kappa shape index (κ2) is 2.97. The van der Waals surface area contributed by atoms with Gasteiger partial charge in [-0.15, -0.1) is 0 Å². The number of primary amides is 1. The van der Waals surface area contributed by atoms with Crippen LogP contribution in [0.15, 0.2) is 0 Å². The molecule has 0 aliphatic heterocycles. The molecule has 0 spiro atoms. The van der Waals surface area contributed by atoms with E-state index in [2.05, 4.69) is 0 Å². The van der Waals surface area contributed by atoms with Gasteiger partial charge < -0.3 is 10.8 Å². The Labute approximate surface area is 83.5 Å². The molecule has 2 atom stereocenters. The van der Waals surface area contributed by atoms with E-state index in [9.17, 15) is 9.59 Å². The summed E-state index contributed by atoms with van der Waals surface area (Å²) in [4.78, 5) is 22.2. The first kappa shape index (κ1) is 11.0. The van der Waals surface area contributed by atoms with Gasteiger partial charge >= 0.3 is 5.97 Å². The Morgan fingerprint density at radius 2 is 1.86 bits per heavy atom. The second-order valence-electron chi connectivity index (χ2n) is 5.19. The highest BCUT2D eigenvalue weighted by Gasteiger charge is 2.53. The third kappa shape index (κ3) is 1.61. The molecule has 0 aromatic heterocycles. The molecule has 0 aromatic rings. The molecule has 0 bridgehead atoms. The van der Waals surface area contributed by atoms with Crippen molar-refractivity contribution in [1.82, 2.24) is 0 Å². The Kier molecular flexibility index (Phi) is 2.34. The van der Waals surface area contributed by atoms with Gasteiger partial charge in [0.25, 0.3) is 0 Å². The largest absolute Gasteiger partial charge is 0.481 e. The maximum Gasteiger partial charge on any atom is 0.307 e. The average molecular weight is 199 g/mol. The first-order valence-electron chi connectivity index (χ1n) is 4.72. The lowest BCUT2D eigenvalue weighted by molar-refractivity contribution is -0.144. The van der Waals surface area contributed by atoms with Crippen molar-refractivity contribution in [1.29, 1.82) is 0 Å². The molecule has 80 valence electrons. The lowest BCUT2D eigenvalue weighted by Crippen LogP contribution is -2.32. The smallest absolute Gasteiger partial charge is 0.307 e. The number of carbonyl (C=O) groups is 2. The van der Waals surface area contributed by atoms with Crippen LogP contribution in [0.3, 0.4) is 0 Å². The molecule has 1 rings (SSSR count). The summed E-state index contributed by atoms with van der Waals surface area (Å²) in [6.07, 6.45) is 0.900. The molecule has 4 heteroatoms. The van der Waals surface area contributed by atoms with Gasteiger partial charge in [-0.3, -0.25) is 9.59 Å². The normalized spacial score (nSPS) is 35.5. The van der Waals surface area contributed by atoms with E-state index in [0.717, 1.165) is 0 Å². The van der Waals surface area contributed by atoms with Gasteiger partial charge in [0.2, 0.25) is 5.91 Å². The van der Waals surface area contributed by atoms with Gasteiger partial charge in [-0.2, -0.15) is 0 Å². The minimum Gasteiger partial charge on any atom is -0.481 e. The van der Waals surface area contributed by atoms with Crippen molar-refractivity contribution in [3.63, 3.8) is 0 Å². The Morgan fingerprint density at radius 1 is 1.36 bits per heavy atom. The van der Waals surface area contributed by atoms with E-state index in [-0.39, 0.29) is 5.41 Å². The summed E-state index contributed by atoms with van der Waals surface area (Å²) in [5.41, 5.74) is 4.27. The van der Waals surface area contributed by atoms with Crippen molar-refractivity contribution in [2.75, 3.05) is 0 Å². The minimum absolute atomic E-state index is 0.352. The van der Waals surface area contributed by atoms with Crippen molar-refractivity contribution in [3.05, 3.63) is 0 Å². The third-order valence-corrected chi connectivity index (χ3v) is 3.34. The SMILES string of the molecule is CC1(C(N)=O)CC(C(=O)O)C(C)(C)C1. The van der Waals surface area contributed by atoms with Crippen LogP contribution in [-0.2, 0) is 9.59 Å². The number of rotatable bonds is 2. The van der Waals surface area contributed by atoms with E-state index in [1.54, 1.807) is 6.92 Å². The second-order valence-corrected chi connectivity index (χ2v) is 5.19. The van der Waals surface area contributed by atoms with E-state index in [0.29, 0.717) is 12.8 Å². The van der Waals surface area contributed by atoms with Gasteiger partial charge in [0.05, 0.1) is 5.92 Å². The van der Waals surface area contributed by atoms with Gasteiger partial charge in [-0.1, -0.05) is 20.8 Å². The van der Waals surface area contributed by atoms with Gasteiger partial charge in [-0.05, 0) is 18.3 Å². The van der Waals surface area contributed by atoms with E-state index in [1.807, 2.05) is 13.8 Å². The Balaban J connectivity index is 2.97. The number of carboxylic acids is 1. The fraction of sp³-hybridized carbons (Fsp3) is 0.800. The van der Waals surface area contributed by atoms with E-state index in [1.165, 1.54) is 0 Å². The third-order valence-electron chi connectivity index (χ3n) is 3.34. The molecule has 1 aliphatic carbocycles. The van der Waals surface area contributed by atoms with Gasteiger partial charge in [0.15, 0.2) is 0 Å². The predicted octanol–water partition coefficient (Wildman–Crippen LogP) is 0.999. The number of hydrogen-bond acceptors (Lipinski definition) is 2. The number of aliphatic carboxylic acids is 1.